The Hall–Kier alpha value is -0.910. The molecular weight excluding hydrogens is 440 g/mol. The fourth-order valence-corrected chi connectivity index (χ4v) is 10.4. The van der Waals surface area contributed by atoms with Gasteiger partial charge in [-0.25, -0.2) is 0 Å². The molecule has 0 amide bonds. The van der Waals surface area contributed by atoms with Gasteiger partial charge in [0.2, 0.25) is 0 Å². The summed E-state index contributed by atoms with van der Waals surface area (Å²) in [5.74, 6) is 1.41. The van der Waals surface area contributed by atoms with Crippen molar-refractivity contribution in [3.8, 4) is 0 Å². The minimum Gasteiger partial charge on any atom is -0.481 e. The van der Waals surface area contributed by atoms with Gasteiger partial charge < -0.3 is 20.4 Å². The first-order valence-electron chi connectivity index (χ1n) is 14.3. The average Bonchev–Trinajstić information content (AvgIpc) is 3.32. The number of fused-ring (bicyclic) bond motifs is 5. The largest absolute Gasteiger partial charge is 0.481 e. The highest BCUT2D eigenvalue weighted by Gasteiger charge is 2.70. The molecule has 5 nitrogen and oxygen atoms in total. The smallest absolute Gasteiger partial charge is 0.310 e. The van der Waals surface area contributed by atoms with Gasteiger partial charge in [-0.2, -0.15) is 0 Å². The normalized spacial score (nSPS) is 52.7. The van der Waals surface area contributed by atoms with E-state index in [-0.39, 0.29) is 29.1 Å². The first-order valence-corrected chi connectivity index (χ1v) is 14.3. The molecule has 198 valence electrons. The van der Waals surface area contributed by atoms with Gasteiger partial charge in [0.1, 0.15) is 0 Å². The minimum absolute atomic E-state index is 0.0297. The van der Waals surface area contributed by atoms with Crippen LogP contribution in [0, 0.1) is 63.6 Å². The number of carboxylic acids is 1. The molecule has 0 aromatic heterocycles. The number of aliphatic hydroxyl groups excluding tert-OH is 3. The van der Waals surface area contributed by atoms with E-state index < -0.39 is 35.1 Å². The van der Waals surface area contributed by atoms with Gasteiger partial charge >= 0.3 is 5.97 Å². The quantitative estimate of drug-likeness (QED) is 0.413. The fourth-order valence-electron chi connectivity index (χ4n) is 10.4. The molecule has 13 unspecified atom stereocenters. The van der Waals surface area contributed by atoms with Gasteiger partial charge in [-0.05, 0) is 91.3 Å². The third kappa shape index (κ3) is 3.39. The lowest BCUT2D eigenvalue weighted by atomic mass is 9.45. The Morgan fingerprint density at radius 3 is 2.34 bits per heavy atom. The van der Waals surface area contributed by atoms with Crippen LogP contribution in [0.15, 0.2) is 11.6 Å². The van der Waals surface area contributed by atoms with E-state index in [0.29, 0.717) is 42.9 Å². The maximum absolute atomic E-state index is 13.2. The number of aliphatic hydroxyl groups is 3. The van der Waals surface area contributed by atoms with Gasteiger partial charge in [0, 0.05) is 11.8 Å². The maximum atomic E-state index is 13.2. The molecule has 0 saturated heterocycles. The van der Waals surface area contributed by atoms with Crippen LogP contribution in [0.25, 0.3) is 0 Å². The lowest BCUT2D eigenvalue weighted by Gasteiger charge is -2.60. The minimum atomic E-state index is -0.884. The van der Waals surface area contributed by atoms with Gasteiger partial charge in [-0.3, -0.25) is 4.79 Å². The number of rotatable bonds is 5. The number of hydrogen-bond donors (Lipinski definition) is 4. The van der Waals surface area contributed by atoms with E-state index in [0.717, 1.165) is 24.8 Å². The monoisotopic (exact) mass is 488 g/mol. The number of carboxylic acid groups (broad SMARTS) is 1. The lowest BCUT2D eigenvalue weighted by Crippen LogP contribution is -2.62. The summed E-state index contributed by atoms with van der Waals surface area (Å²) in [6.07, 6.45) is 5.09. The van der Waals surface area contributed by atoms with Crippen LogP contribution in [-0.4, -0.2) is 44.7 Å². The van der Waals surface area contributed by atoms with E-state index in [4.69, 9.17) is 0 Å². The van der Waals surface area contributed by atoms with E-state index in [1.165, 1.54) is 6.42 Å². The standard InChI is InChI=1S/C30H48O5/c1-15(2)17(4)28(5)13-23(28)16(3)21-9-10-22-20-8-7-18-11-19(31)12-25(33)29(18,6)26(20)24(32)14-30(21,22)27(34)35/h7,15-17,19-26,31-33H,8-14H2,1-6H3,(H,34,35). The van der Waals surface area contributed by atoms with Crippen molar-refractivity contribution in [1.82, 2.24) is 0 Å². The molecule has 5 rings (SSSR count). The Labute approximate surface area is 211 Å². The van der Waals surface area contributed by atoms with E-state index in [1.807, 2.05) is 0 Å². The number of allylic oxidation sites excluding steroid dienone is 1. The van der Waals surface area contributed by atoms with Crippen molar-refractivity contribution >= 4 is 5.97 Å². The SMILES string of the molecule is CC(C)C(C)C1(C)CC1C(C)C1CCC2C3CC=C4CC(O)CC(O)C4(C)C3C(O)CC12C(=O)O. The van der Waals surface area contributed by atoms with Crippen LogP contribution in [0.4, 0.5) is 0 Å². The summed E-state index contributed by atoms with van der Waals surface area (Å²) < 4.78 is 0. The molecule has 0 aromatic rings. The molecule has 5 aliphatic rings. The molecule has 0 spiro atoms. The summed E-state index contributed by atoms with van der Waals surface area (Å²) in [7, 11) is 0. The highest BCUT2D eigenvalue weighted by atomic mass is 16.4. The Morgan fingerprint density at radius 2 is 1.71 bits per heavy atom. The van der Waals surface area contributed by atoms with Crippen molar-refractivity contribution < 1.29 is 25.2 Å². The van der Waals surface area contributed by atoms with Crippen molar-refractivity contribution in [2.24, 2.45) is 63.6 Å². The van der Waals surface area contributed by atoms with Crippen LogP contribution < -0.4 is 0 Å². The van der Waals surface area contributed by atoms with Gasteiger partial charge in [0.05, 0.1) is 23.7 Å². The molecule has 0 heterocycles. The lowest BCUT2D eigenvalue weighted by molar-refractivity contribution is -0.188. The molecule has 5 heteroatoms. The first kappa shape index (κ1) is 25.7. The van der Waals surface area contributed by atoms with Crippen molar-refractivity contribution in [3.63, 3.8) is 0 Å². The number of aliphatic carboxylic acids is 1. The first-order chi connectivity index (χ1) is 16.3. The molecule has 0 radical (unpaired) electrons. The molecule has 35 heavy (non-hydrogen) atoms. The molecule has 4 fully saturated rings. The van der Waals surface area contributed by atoms with Crippen LogP contribution in [0.1, 0.15) is 86.5 Å². The molecule has 0 aliphatic heterocycles. The predicted octanol–water partition coefficient (Wildman–Crippen LogP) is 4.89. The van der Waals surface area contributed by atoms with Crippen LogP contribution in [0.2, 0.25) is 0 Å². The van der Waals surface area contributed by atoms with Gasteiger partial charge in [0.25, 0.3) is 0 Å². The van der Waals surface area contributed by atoms with Crippen LogP contribution in [-0.2, 0) is 4.79 Å². The number of hydrogen-bond acceptors (Lipinski definition) is 4. The Morgan fingerprint density at radius 1 is 1.03 bits per heavy atom. The highest BCUT2D eigenvalue weighted by molar-refractivity contribution is 5.76. The zero-order valence-corrected chi connectivity index (χ0v) is 22.6. The molecular formula is C30H48O5. The Balaban J connectivity index is 1.48. The van der Waals surface area contributed by atoms with Crippen molar-refractivity contribution in [2.75, 3.05) is 0 Å². The van der Waals surface area contributed by atoms with E-state index in [1.54, 1.807) is 0 Å². The highest BCUT2D eigenvalue weighted by Crippen LogP contribution is 2.71. The molecule has 0 aromatic carbocycles. The topological polar surface area (TPSA) is 98.0 Å². The van der Waals surface area contributed by atoms with Crippen LogP contribution >= 0.6 is 0 Å². The molecule has 4 saturated carbocycles. The summed E-state index contributed by atoms with van der Waals surface area (Å²) in [6.45, 7) is 13.7. The Kier molecular flexibility index (Phi) is 6.10. The summed E-state index contributed by atoms with van der Waals surface area (Å²) in [5.41, 5.74) is -0.126. The second-order valence-corrected chi connectivity index (χ2v) is 14.2. The number of carbonyl (C=O) groups is 1. The van der Waals surface area contributed by atoms with E-state index in [9.17, 15) is 25.2 Å². The van der Waals surface area contributed by atoms with E-state index >= 15 is 0 Å². The predicted molar refractivity (Wildman–Crippen MR) is 135 cm³/mol. The van der Waals surface area contributed by atoms with Crippen molar-refractivity contribution in [2.45, 2.75) is 105 Å². The molecule has 13 atom stereocenters. The molecule has 0 bridgehead atoms. The zero-order valence-electron chi connectivity index (χ0n) is 22.6. The van der Waals surface area contributed by atoms with Crippen molar-refractivity contribution in [3.05, 3.63) is 11.6 Å². The summed E-state index contributed by atoms with van der Waals surface area (Å²) in [6, 6.07) is 0. The summed E-state index contributed by atoms with van der Waals surface area (Å²) in [5, 5.41) is 44.0. The van der Waals surface area contributed by atoms with Crippen LogP contribution in [0.5, 0.6) is 0 Å². The third-order valence-electron chi connectivity index (χ3n) is 12.8. The van der Waals surface area contributed by atoms with Crippen LogP contribution in [0.3, 0.4) is 0 Å². The van der Waals surface area contributed by atoms with Gasteiger partial charge in [-0.1, -0.05) is 53.2 Å². The van der Waals surface area contributed by atoms with Gasteiger partial charge in [-0.15, -0.1) is 0 Å². The van der Waals surface area contributed by atoms with Gasteiger partial charge in [0.15, 0.2) is 0 Å². The summed E-state index contributed by atoms with van der Waals surface area (Å²) >= 11 is 0. The zero-order chi connectivity index (χ0) is 25.7. The maximum Gasteiger partial charge on any atom is 0.310 e. The average molecular weight is 489 g/mol. The molecule has 4 N–H and O–H groups in total. The fraction of sp³-hybridized carbons (Fsp3) is 0.900. The van der Waals surface area contributed by atoms with E-state index in [2.05, 4.69) is 47.6 Å². The summed E-state index contributed by atoms with van der Waals surface area (Å²) in [4.78, 5) is 13.2. The Bertz CT molecular complexity index is 897. The van der Waals surface area contributed by atoms with Crippen molar-refractivity contribution in [1.29, 1.82) is 0 Å². The molecule has 5 aliphatic carbocycles. The second kappa shape index (κ2) is 8.30. The second-order valence-electron chi connectivity index (χ2n) is 14.2. The third-order valence-corrected chi connectivity index (χ3v) is 12.8.